The Kier molecular flexibility index (Phi) is 6.74. The Labute approximate surface area is 195 Å². The van der Waals surface area contributed by atoms with E-state index in [1.54, 1.807) is 30.3 Å². The van der Waals surface area contributed by atoms with Crippen LogP contribution >= 0.6 is 23.2 Å². The molecule has 3 N–H and O–H groups in total. The first-order chi connectivity index (χ1) is 15.4. The third-order valence-corrected chi connectivity index (χ3v) is 5.82. The molecular formula is C24H21Cl2NO5. The zero-order valence-electron chi connectivity index (χ0n) is 17.0. The summed E-state index contributed by atoms with van der Waals surface area (Å²) in [6.07, 6.45) is -0.0437. The second kappa shape index (κ2) is 9.69. The van der Waals surface area contributed by atoms with Gasteiger partial charge in [-0.1, -0.05) is 47.5 Å². The standard InChI is InChI=1S/C24H21Cl2NO5/c25-18-7-1-15(9-19(18)26)12-30-17-5-3-16(4-6-17)23-13-31-22-11-14(2-8-21(22)32-23)10-20(27)24(28)29/h1-9,11,20,23H,10,12-13,27H2,(H,28,29). The number of carboxylic acid groups (broad SMARTS) is 1. The van der Waals surface area contributed by atoms with Crippen LogP contribution in [0.2, 0.25) is 10.0 Å². The van der Waals surface area contributed by atoms with Crippen LogP contribution in [0, 0.1) is 0 Å². The van der Waals surface area contributed by atoms with Gasteiger partial charge in [-0.2, -0.15) is 0 Å². The van der Waals surface area contributed by atoms with E-state index < -0.39 is 12.0 Å². The molecule has 0 saturated heterocycles. The molecular weight excluding hydrogens is 453 g/mol. The summed E-state index contributed by atoms with van der Waals surface area (Å²) in [5, 5.41) is 9.98. The Balaban J connectivity index is 1.37. The van der Waals surface area contributed by atoms with Crippen molar-refractivity contribution in [3.8, 4) is 17.2 Å². The Hall–Kier alpha value is -2.93. The van der Waals surface area contributed by atoms with Gasteiger partial charge in [-0.25, -0.2) is 0 Å². The van der Waals surface area contributed by atoms with Crippen LogP contribution < -0.4 is 19.9 Å². The third-order valence-electron chi connectivity index (χ3n) is 5.08. The number of carboxylic acids is 1. The quantitative estimate of drug-likeness (QED) is 0.499. The molecule has 0 bridgehead atoms. The highest BCUT2D eigenvalue weighted by Gasteiger charge is 2.23. The molecule has 3 aromatic carbocycles. The second-order valence-corrected chi connectivity index (χ2v) is 8.27. The van der Waals surface area contributed by atoms with Gasteiger partial charge in [0.05, 0.1) is 10.0 Å². The van der Waals surface area contributed by atoms with E-state index in [1.165, 1.54) is 0 Å². The van der Waals surface area contributed by atoms with Gasteiger partial charge in [0.15, 0.2) is 17.6 Å². The topological polar surface area (TPSA) is 91.0 Å². The van der Waals surface area contributed by atoms with E-state index in [0.29, 0.717) is 34.8 Å². The number of hydrogen-bond acceptors (Lipinski definition) is 5. The minimum Gasteiger partial charge on any atom is -0.489 e. The summed E-state index contributed by atoms with van der Waals surface area (Å²) in [7, 11) is 0. The zero-order chi connectivity index (χ0) is 22.7. The number of halogens is 2. The summed E-state index contributed by atoms with van der Waals surface area (Å²) < 4.78 is 17.8. The zero-order valence-corrected chi connectivity index (χ0v) is 18.5. The summed E-state index contributed by atoms with van der Waals surface area (Å²) in [6, 6.07) is 17.4. The van der Waals surface area contributed by atoms with Crippen molar-refractivity contribution in [1.82, 2.24) is 0 Å². The van der Waals surface area contributed by atoms with Gasteiger partial charge in [0.25, 0.3) is 0 Å². The first-order valence-corrected chi connectivity index (χ1v) is 10.7. The smallest absolute Gasteiger partial charge is 0.320 e. The van der Waals surface area contributed by atoms with Gasteiger partial charge in [-0.15, -0.1) is 0 Å². The predicted octanol–water partition coefficient (Wildman–Crippen LogP) is 5.04. The van der Waals surface area contributed by atoms with Gasteiger partial charge in [0.2, 0.25) is 0 Å². The molecule has 2 unspecified atom stereocenters. The fourth-order valence-corrected chi connectivity index (χ4v) is 3.64. The van der Waals surface area contributed by atoms with Crippen LogP contribution in [0.15, 0.2) is 60.7 Å². The number of ether oxygens (including phenoxy) is 3. The van der Waals surface area contributed by atoms with Crippen LogP contribution in [0.5, 0.6) is 17.2 Å². The molecule has 3 aromatic rings. The normalized spacial score (nSPS) is 15.8. The van der Waals surface area contributed by atoms with E-state index in [4.69, 9.17) is 48.3 Å². The first-order valence-electron chi connectivity index (χ1n) is 9.96. The SMILES string of the molecule is NC(Cc1ccc2c(c1)OCC(c1ccc(OCc3ccc(Cl)c(Cl)c3)cc1)O2)C(=O)O. The molecule has 0 aliphatic carbocycles. The third kappa shape index (κ3) is 5.27. The van der Waals surface area contributed by atoms with Crippen LogP contribution in [-0.4, -0.2) is 23.7 Å². The van der Waals surface area contributed by atoms with Gasteiger partial charge in [-0.05, 0) is 59.5 Å². The van der Waals surface area contributed by atoms with Crippen LogP contribution in [-0.2, 0) is 17.8 Å². The molecule has 0 spiro atoms. The van der Waals surface area contributed by atoms with E-state index >= 15 is 0 Å². The number of benzene rings is 3. The molecule has 2 atom stereocenters. The van der Waals surface area contributed by atoms with Crippen molar-refractivity contribution in [1.29, 1.82) is 0 Å². The molecule has 0 saturated carbocycles. The molecule has 6 nitrogen and oxygen atoms in total. The lowest BCUT2D eigenvalue weighted by Gasteiger charge is -2.27. The summed E-state index contributed by atoms with van der Waals surface area (Å²) in [4.78, 5) is 11.0. The molecule has 32 heavy (non-hydrogen) atoms. The van der Waals surface area contributed by atoms with Crippen LogP contribution in [0.3, 0.4) is 0 Å². The maximum Gasteiger partial charge on any atom is 0.320 e. The van der Waals surface area contributed by atoms with Crippen molar-refractivity contribution in [2.45, 2.75) is 25.2 Å². The van der Waals surface area contributed by atoms with E-state index in [1.807, 2.05) is 30.3 Å². The lowest BCUT2D eigenvalue weighted by Crippen LogP contribution is -2.32. The molecule has 0 fully saturated rings. The van der Waals surface area contributed by atoms with E-state index in [2.05, 4.69) is 0 Å². The van der Waals surface area contributed by atoms with Gasteiger partial charge in [-0.3, -0.25) is 4.79 Å². The maximum atomic E-state index is 11.0. The second-order valence-electron chi connectivity index (χ2n) is 7.45. The first kappa shape index (κ1) is 22.3. The lowest BCUT2D eigenvalue weighted by molar-refractivity contribution is -0.138. The Morgan fingerprint density at radius 3 is 2.50 bits per heavy atom. The monoisotopic (exact) mass is 473 g/mol. The molecule has 8 heteroatoms. The molecule has 0 aromatic heterocycles. The highest BCUT2D eigenvalue weighted by Crippen LogP contribution is 2.37. The maximum absolute atomic E-state index is 11.0. The minimum atomic E-state index is -1.04. The molecule has 4 rings (SSSR count). The van der Waals surface area contributed by atoms with Gasteiger partial charge >= 0.3 is 5.97 Å². The molecule has 166 valence electrons. The van der Waals surface area contributed by atoms with Crippen LogP contribution in [0.4, 0.5) is 0 Å². The van der Waals surface area contributed by atoms with Crippen molar-refractivity contribution in [3.63, 3.8) is 0 Å². The number of rotatable bonds is 7. The molecule has 1 aliphatic rings. The Bertz CT molecular complexity index is 1120. The fraction of sp³-hybridized carbons (Fsp3) is 0.208. The number of fused-ring (bicyclic) bond motifs is 1. The van der Waals surface area contributed by atoms with Crippen LogP contribution in [0.25, 0.3) is 0 Å². The van der Waals surface area contributed by atoms with Crippen molar-refractivity contribution in [3.05, 3.63) is 87.4 Å². The molecule has 0 radical (unpaired) electrons. The van der Waals surface area contributed by atoms with E-state index in [9.17, 15) is 4.79 Å². The van der Waals surface area contributed by atoms with Crippen LogP contribution in [0.1, 0.15) is 22.8 Å². The van der Waals surface area contributed by atoms with Crippen molar-refractivity contribution >= 4 is 29.2 Å². The van der Waals surface area contributed by atoms with E-state index in [-0.39, 0.29) is 12.5 Å². The number of nitrogens with two attached hydrogens (primary N) is 1. The molecule has 1 aliphatic heterocycles. The van der Waals surface area contributed by atoms with Crippen molar-refractivity contribution < 1.29 is 24.1 Å². The Morgan fingerprint density at radius 1 is 1.03 bits per heavy atom. The number of aliphatic carboxylic acids is 1. The largest absolute Gasteiger partial charge is 0.489 e. The summed E-state index contributed by atoms with van der Waals surface area (Å²) >= 11 is 12.0. The highest BCUT2D eigenvalue weighted by molar-refractivity contribution is 6.42. The number of carbonyl (C=O) groups is 1. The number of hydrogen-bond donors (Lipinski definition) is 2. The van der Waals surface area contributed by atoms with E-state index in [0.717, 1.165) is 22.4 Å². The summed E-state index contributed by atoms with van der Waals surface area (Å²) in [5.41, 5.74) is 8.27. The fourth-order valence-electron chi connectivity index (χ4n) is 3.32. The average Bonchev–Trinajstić information content (AvgIpc) is 2.80. The predicted molar refractivity (Wildman–Crippen MR) is 122 cm³/mol. The Morgan fingerprint density at radius 2 is 1.78 bits per heavy atom. The summed E-state index contributed by atoms with van der Waals surface area (Å²) in [6.45, 7) is 0.714. The van der Waals surface area contributed by atoms with Gasteiger partial charge in [0, 0.05) is 0 Å². The average molecular weight is 474 g/mol. The summed E-state index contributed by atoms with van der Waals surface area (Å²) in [5.74, 6) is 0.868. The van der Waals surface area contributed by atoms with Crippen molar-refractivity contribution in [2.24, 2.45) is 5.73 Å². The molecule has 0 amide bonds. The van der Waals surface area contributed by atoms with Crippen molar-refractivity contribution in [2.75, 3.05) is 6.61 Å². The van der Waals surface area contributed by atoms with Gasteiger partial charge in [0.1, 0.15) is 25.0 Å². The van der Waals surface area contributed by atoms with Gasteiger partial charge < -0.3 is 25.1 Å². The highest BCUT2D eigenvalue weighted by atomic mass is 35.5. The minimum absolute atomic E-state index is 0.221. The lowest BCUT2D eigenvalue weighted by atomic mass is 10.0. The molecule has 1 heterocycles.